The van der Waals surface area contributed by atoms with E-state index in [9.17, 15) is 18.0 Å². The third-order valence-corrected chi connectivity index (χ3v) is 5.13. The molecule has 3 nitrogen and oxygen atoms in total. The summed E-state index contributed by atoms with van der Waals surface area (Å²) in [6.07, 6.45) is -2.52. The maximum absolute atomic E-state index is 12.9. The second-order valence-electron chi connectivity index (χ2n) is 6.10. The number of halogens is 5. The van der Waals surface area contributed by atoms with Gasteiger partial charge in [-0.25, -0.2) is 0 Å². The Morgan fingerprint density at radius 1 is 1.22 bits per heavy atom. The highest BCUT2D eigenvalue weighted by atomic mass is 79.9. The highest BCUT2D eigenvalue weighted by Crippen LogP contribution is 2.38. The first-order chi connectivity index (χ1) is 10.3. The first-order valence-corrected chi connectivity index (χ1v) is 7.97. The van der Waals surface area contributed by atoms with Gasteiger partial charge in [0.15, 0.2) is 0 Å². The Morgan fingerprint density at radius 2 is 1.91 bits per heavy atom. The van der Waals surface area contributed by atoms with Gasteiger partial charge in [0, 0.05) is 29.2 Å². The average Bonchev–Trinajstić information content (AvgIpc) is 2.99. The van der Waals surface area contributed by atoms with Crippen LogP contribution in [0.1, 0.15) is 28.8 Å². The van der Waals surface area contributed by atoms with E-state index in [0.717, 1.165) is 25.0 Å². The Kier molecular flexibility index (Phi) is 5.33. The number of nitrogens with zero attached hydrogens (tertiary/aromatic N) is 1. The first-order valence-electron chi connectivity index (χ1n) is 7.18. The van der Waals surface area contributed by atoms with E-state index < -0.39 is 11.7 Å². The van der Waals surface area contributed by atoms with Crippen LogP contribution in [-0.2, 0) is 6.18 Å². The van der Waals surface area contributed by atoms with Gasteiger partial charge in [-0.3, -0.25) is 4.79 Å². The Balaban J connectivity index is 0.00000192. The number of likely N-dealkylation sites (tertiary alicyclic amines) is 1. The summed E-state index contributed by atoms with van der Waals surface area (Å²) in [7, 11) is 0. The van der Waals surface area contributed by atoms with Crippen LogP contribution in [0.3, 0.4) is 0 Å². The Morgan fingerprint density at radius 3 is 2.52 bits per heavy atom. The molecule has 0 bridgehead atoms. The summed E-state index contributed by atoms with van der Waals surface area (Å²) in [6.45, 7) is 1.13. The van der Waals surface area contributed by atoms with Crippen molar-refractivity contribution in [3.05, 3.63) is 33.8 Å². The topological polar surface area (TPSA) is 46.3 Å². The molecule has 1 aliphatic carbocycles. The van der Waals surface area contributed by atoms with Gasteiger partial charge in [0.25, 0.3) is 5.91 Å². The number of benzene rings is 1. The molecule has 3 atom stereocenters. The minimum Gasteiger partial charge on any atom is -0.338 e. The van der Waals surface area contributed by atoms with E-state index in [4.69, 9.17) is 5.73 Å². The Bertz CT molecular complexity index is 611. The van der Waals surface area contributed by atoms with Crippen LogP contribution in [0.15, 0.2) is 22.7 Å². The van der Waals surface area contributed by atoms with Crippen molar-refractivity contribution in [1.82, 2.24) is 4.90 Å². The van der Waals surface area contributed by atoms with Gasteiger partial charge in [-0.1, -0.05) is 15.9 Å². The summed E-state index contributed by atoms with van der Waals surface area (Å²) in [4.78, 5) is 14.1. The van der Waals surface area contributed by atoms with Crippen molar-refractivity contribution >= 4 is 34.2 Å². The molecule has 1 amide bonds. The molecule has 1 aromatic rings. The number of hydrogen-bond acceptors (Lipinski definition) is 2. The molecule has 1 saturated heterocycles. The molecule has 1 heterocycles. The van der Waals surface area contributed by atoms with Crippen LogP contribution in [0.4, 0.5) is 13.2 Å². The number of carbonyl (C=O) groups excluding carboxylic acids is 1. The zero-order valence-corrected chi connectivity index (χ0v) is 14.5. The summed E-state index contributed by atoms with van der Waals surface area (Å²) in [5, 5.41) is 0. The second kappa shape index (κ2) is 6.61. The summed E-state index contributed by atoms with van der Waals surface area (Å²) >= 11 is 3.05. The molecule has 0 radical (unpaired) electrons. The van der Waals surface area contributed by atoms with Gasteiger partial charge in [-0.2, -0.15) is 13.2 Å². The predicted molar refractivity (Wildman–Crippen MR) is 86.5 cm³/mol. The summed E-state index contributed by atoms with van der Waals surface area (Å²) in [5.74, 6) is 0.305. The second-order valence-corrected chi connectivity index (χ2v) is 7.02. The number of amides is 1. The minimum absolute atomic E-state index is 0. The van der Waals surface area contributed by atoms with Crippen LogP contribution in [0, 0.1) is 11.8 Å². The van der Waals surface area contributed by atoms with Gasteiger partial charge in [0.1, 0.15) is 0 Å². The predicted octanol–water partition coefficient (Wildman–Crippen LogP) is 3.70. The van der Waals surface area contributed by atoms with E-state index in [1.807, 2.05) is 0 Å². The zero-order valence-electron chi connectivity index (χ0n) is 12.1. The molecular formula is C15H17BrClF3N2O. The number of hydrogen-bond donors (Lipinski definition) is 1. The first kappa shape index (κ1) is 18.5. The monoisotopic (exact) mass is 412 g/mol. The number of rotatable bonds is 1. The largest absolute Gasteiger partial charge is 0.416 e. The van der Waals surface area contributed by atoms with Crippen molar-refractivity contribution in [2.45, 2.75) is 25.1 Å². The van der Waals surface area contributed by atoms with Gasteiger partial charge in [-0.15, -0.1) is 12.4 Å². The summed E-state index contributed by atoms with van der Waals surface area (Å²) in [6, 6.07) is 3.43. The van der Waals surface area contributed by atoms with Crippen LogP contribution in [0.5, 0.6) is 0 Å². The molecule has 3 unspecified atom stereocenters. The lowest BCUT2D eigenvalue weighted by molar-refractivity contribution is -0.137. The van der Waals surface area contributed by atoms with E-state index in [0.29, 0.717) is 19.0 Å². The Hall–Kier alpha value is -0.790. The molecule has 2 fully saturated rings. The SMILES string of the molecule is Cl.NC1CCC2CN(C(=O)c3cc(Br)cc(C(F)(F)F)c3)CC12. The van der Waals surface area contributed by atoms with Crippen molar-refractivity contribution in [2.24, 2.45) is 17.6 Å². The van der Waals surface area contributed by atoms with E-state index >= 15 is 0 Å². The molecule has 3 rings (SSSR count). The van der Waals surface area contributed by atoms with Crippen LogP contribution >= 0.6 is 28.3 Å². The maximum Gasteiger partial charge on any atom is 0.416 e. The fraction of sp³-hybridized carbons (Fsp3) is 0.533. The third kappa shape index (κ3) is 3.67. The summed E-state index contributed by atoms with van der Waals surface area (Å²) in [5.41, 5.74) is 5.28. The van der Waals surface area contributed by atoms with Crippen LogP contribution in [0.2, 0.25) is 0 Å². The van der Waals surface area contributed by atoms with Crippen molar-refractivity contribution in [3.8, 4) is 0 Å². The van der Waals surface area contributed by atoms with Crippen LogP contribution in [-0.4, -0.2) is 29.9 Å². The molecule has 2 N–H and O–H groups in total. The van der Waals surface area contributed by atoms with Gasteiger partial charge in [-0.05, 0) is 42.9 Å². The zero-order chi connectivity index (χ0) is 16.1. The maximum atomic E-state index is 12.9. The van der Waals surface area contributed by atoms with Gasteiger partial charge in [0.2, 0.25) is 0 Å². The van der Waals surface area contributed by atoms with Crippen molar-refractivity contribution in [2.75, 3.05) is 13.1 Å². The standard InChI is InChI=1S/C15H16BrF3N2O.ClH/c16-11-4-9(3-10(5-11)15(17,18)19)14(22)21-6-8-1-2-13(20)12(8)7-21;/h3-5,8,12-13H,1-2,6-7,20H2;1H. The number of alkyl halides is 3. The third-order valence-electron chi connectivity index (χ3n) is 4.67. The molecule has 128 valence electrons. The molecule has 0 spiro atoms. The molecule has 0 aromatic heterocycles. The number of nitrogens with two attached hydrogens (primary N) is 1. The van der Waals surface area contributed by atoms with Crippen LogP contribution in [0.25, 0.3) is 0 Å². The fourth-order valence-corrected chi connectivity index (χ4v) is 4.03. The normalized spacial score (nSPS) is 26.8. The van der Waals surface area contributed by atoms with Crippen molar-refractivity contribution in [1.29, 1.82) is 0 Å². The average molecular weight is 414 g/mol. The lowest BCUT2D eigenvalue weighted by Gasteiger charge is -2.19. The lowest BCUT2D eigenvalue weighted by atomic mass is 9.98. The van der Waals surface area contributed by atoms with Crippen molar-refractivity contribution < 1.29 is 18.0 Å². The molecule has 1 saturated carbocycles. The number of fused-ring (bicyclic) bond motifs is 1. The highest BCUT2D eigenvalue weighted by molar-refractivity contribution is 9.10. The van der Waals surface area contributed by atoms with Gasteiger partial charge >= 0.3 is 6.18 Å². The van der Waals surface area contributed by atoms with E-state index in [-0.39, 0.29) is 40.3 Å². The fourth-order valence-electron chi connectivity index (χ4n) is 3.53. The quantitative estimate of drug-likeness (QED) is 0.763. The molecule has 8 heteroatoms. The van der Waals surface area contributed by atoms with E-state index in [1.165, 1.54) is 6.07 Å². The molecular weight excluding hydrogens is 397 g/mol. The van der Waals surface area contributed by atoms with E-state index in [2.05, 4.69) is 15.9 Å². The smallest absolute Gasteiger partial charge is 0.338 e. The van der Waals surface area contributed by atoms with Gasteiger partial charge in [0.05, 0.1) is 5.56 Å². The highest BCUT2D eigenvalue weighted by Gasteiger charge is 2.43. The summed E-state index contributed by atoms with van der Waals surface area (Å²) < 4.78 is 38.8. The lowest BCUT2D eigenvalue weighted by Crippen LogP contribution is -2.33. The molecule has 2 aliphatic rings. The van der Waals surface area contributed by atoms with Crippen molar-refractivity contribution in [3.63, 3.8) is 0 Å². The Labute approximate surface area is 146 Å². The molecule has 1 aromatic carbocycles. The minimum atomic E-state index is -4.47. The number of carbonyl (C=O) groups is 1. The van der Waals surface area contributed by atoms with Crippen LogP contribution < -0.4 is 5.73 Å². The molecule has 23 heavy (non-hydrogen) atoms. The molecule has 1 aliphatic heterocycles. The van der Waals surface area contributed by atoms with E-state index in [1.54, 1.807) is 4.90 Å². The van der Waals surface area contributed by atoms with Gasteiger partial charge < -0.3 is 10.6 Å².